The molecule has 1 aliphatic heterocycles. The zero-order valence-electron chi connectivity index (χ0n) is 11.1. The van der Waals surface area contributed by atoms with E-state index in [1.165, 1.54) is 0 Å². The Hall–Kier alpha value is -1.04. The molecule has 0 bridgehead atoms. The molecule has 19 heavy (non-hydrogen) atoms. The van der Waals surface area contributed by atoms with E-state index in [1.807, 2.05) is 11.8 Å². The average molecular weight is 286 g/mol. The summed E-state index contributed by atoms with van der Waals surface area (Å²) < 4.78 is 0. The predicted octanol–water partition coefficient (Wildman–Crippen LogP) is 1.20. The largest absolute Gasteiger partial charge is 0.392 e. The summed E-state index contributed by atoms with van der Waals surface area (Å²) in [6.07, 6.45) is 2.10. The van der Waals surface area contributed by atoms with Gasteiger partial charge in [0.15, 0.2) is 0 Å². The molecule has 1 fully saturated rings. The van der Waals surface area contributed by atoms with E-state index < -0.39 is 0 Å². The second kappa shape index (κ2) is 6.41. The van der Waals surface area contributed by atoms with Crippen LogP contribution < -0.4 is 0 Å². The second-order valence-corrected chi connectivity index (χ2v) is 5.32. The lowest BCUT2D eigenvalue weighted by Crippen LogP contribution is -2.50. The molecule has 0 aliphatic carbocycles. The molecule has 5 nitrogen and oxygen atoms in total. The van der Waals surface area contributed by atoms with Crippen LogP contribution in [-0.2, 0) is 0 Å². The molecule has 0 aromatic carbocycles. The van der Waals surface area contributed by atoms with Crippen molar-refractivity contribution in [3.8, 4) is 0 Å². The third-order valence-corrected chi connectivity index (χ3v) is 3.70. The first-order chi connectivity index (χ1) is 9.10. The third kappa shape index (κ3) is 3.72. The van der Waals surface area contributed by atoms with Gasteiger partial charge in [0.1, 0.15) is 5.69 Å². The number of aromatic nitrogens is 1. The Morgan fingerprint density at radius 1 is 1.47 bits per heavy atom. The molecule has 2 N–H and O–H groups in total. The fraction of sp³-hybridized carbons (Fsp3) is 0.615. The minimum absolute atomic E-state index is 0.0115. The molecular weight excluding hydrogens is 266 g/mol. The van der Waals surface area contributed by atoms with Gasteiger partial charge in [0.25, 0.3) is 5.91 Å². The van der Waals surface area contributed by atoms with E-state index in [0.29, 0.717) is 30.4 Å². The third-order valence-electron chi connectivity index (χ3n) is 3.48. The summed E-state index contributed by atoms with van der Waals surface area (Å²) in [6, 6.07) is 1.65. The zero-order valence-corrected chi connectivity index (χ0v) is 11.9. The van der Waals surface area contributed by atoms with Crippen molar-refractivity contribution in [3.63, 3.8) is 0 Å². The van der Waals surface area contributed by atoms with Crippen LogP contribution in [0.2, 0.25) is 5.02 Å². The Balaban J connectivity index is 1.84. The maximum Gasteiger partial charge on any atom is 0.270 e. The molecule has 1 amide bonds. The lowest BCUT2D eigenvalue weighted by molar-refractivity contribution is 0.0520. The summed E-state index contributed by atoms with van der Waals surface area (Å²) in [7, 11) is 0. The van der Waals surface area contributed by atoms with Gasteiger partial charge in [-0.1, -0.05) is 18.5 Å². The summed E-state index contributed by atoms with van der Waals surface area (Å²) in [5, 5.41) is 10.2. The number of carbonyl (C=O) groups is 1. The van der Waals surface area contributed by atoms with Gasteiger partial charge < -0.3 is 15.0 Å². The van der Waals surface area contributed by atoms with Gasteiger partial charge in [0.05, 0.1) is 11.1 Å². The smallest absolute Gasteiger partial charge is 0.270 e. The molecule has 1 saturated heterocycles. The summed E-state index contributed by atoms with van der Waals surface area (Å²) in [6.45, 7) is 5.64. The van der Waals surface area contributed by atoms with Crippen LogP contribution in [0.1, 0.15) is 23.8 Å². The van der Waals surface area contributed by atoms with Gasteiger partial charge >= 0.3 is 0 Å². The number of aliphatic hydroxyl groups is 1. The minimum atomic E-state index is -0.274. The van der Waals surface area contributed by atoms with Crippen molar-refractivity contribution in [2.24, 2.45) is 0 Å². The molecule has 2 heterocycles. The first-order valence-electron chi connectivity index (χ1n) is 6.63. The quantitative estimate of drug-likeness (QED) is 0.874. The molecule has 1 aromatic heterocycles. The number of nitrogens with zero attached hydrogens (tertiary/aromatic N) is 2. The Bertz CT molecular complexity index is 427. The molecule has 1 unspecified atom stereocenters. The normalized spacial score (nSPS) is 18.6. The lowest BCUT2D eigenvalue weighted by atomic mass is 10.2. The second-order valence-electron chi connectivity index (χ2n) is 4.89. The standard InChI is InChI=1S/C13H20ClN3O2/c1-2-11(18)9-16-3-5-17(6-4-16)13(19)12-7-10(14)8-15-12/h7-8,11,15,18H,2-6,9H2,1H3. The fourth-order valence-corrected chi connectivity index (χ4v) is 2.39. The molecule has 1 atom stereocenters. The van der Waals surface area contributed by atoms with E-state index >= 15 is 0 Å². The molecule has 0 saturated carbocycles. The number of halogens is 1. The summed E-state index contributed by atoms with van der Waals surface area (Å²) >= 11 is 5.80. The maximum atomic E-state index is 12.2. The van der Waals surface area contributed by atoms with Gasteiger partial charge in [-0.25, -0.2) is 0 Å². The van der Waals surface area contributed by atoms with Crippen molar-refractivity contribution in [1.29, 1.82) is 0 Å². The van der Waals surface area contributed by atoms with E-state index in [0.717, 1.165) is 19.5 Å². The van der Waals surface area contributed by atoms with E-state index in [9.17, 15) is 9.90 Å². The van der Waals surface area contributed by atoms with Crippen LogP contribution in [-0.4, -0.2) is 64.6 Å². The molecule has 6 heteroatoms. The molecule has 0 spiro atoms. The minimum Gasteiger partial charge on any atom is -0.392 e. The number of hydrogen-bond acceptors (Lipinski definition) is 3. The van der Waals surface area contributed by atoms with Gasteiger partial charge in [-0.2, -0.15) is 0 Å². The van der Waals surface area contributed by atoms with Crippen LogP contribution in [0, 0.1) is 0 Å². The van der Waals surface area contributed by atoms with Gasteiger partial charge in [-0.15, -0.1) is 0 Å². The van der Waals surface area contributed by atoms with E-state index in [2.05, 4.69) is 9.88 Å². The number of aromatic amines is 1. The molecule has 1 aromatic rings. The van der Waals surface area contributed by atoms with Crippen LogP contribution in [0.4, 0.5) is 0 Å². The number of carbonyl (C=O) groups excluding carboxylic acids is 1. The Labute approximate surface area is 118 Å². The van der Waals surface area contributed by atoms with Crippen molar-refractivity contribution >= 4 is 17.5 Å². The highest BCUT2D eigenvalue weighted by molar-refractivity contribution is 6.30. The first kappa shape index (κ1) is 14.4. The van der Waals surface area contributed by atoms with Crippen LogP contribution >= 0.6 is 11.6 Å². The van der Waals surface area contributed by atoms with Crippen molar-refractivity contribution in [2.45, 2.75) is 19.4 Å². The monoisotopic (exact) mass is 285 g/mol. The van der Waals surface area contributed by atoms with Gasteiger partial charge in [-0.3, -0.25) is 9.69 Å². The lowest BCUT2D eigenvalue weighted by Gasteiger charge is -2.35. The molecular formula is C13H20ClN3O2. The number of rotatable bonds is 4. The highest BCUT2D eigenvalue weighted by Crippen LogP contribution is 2.13. The van der Waals surface area contributed by atoms with Crippen molar-refractivity contribution in [2.75, 3.05) is 32.7 Å². The van der Waals surface area contributed by atoms with Crippen LogP contribution in [0.5, 0.6) is 0 Å². The average Bonchev–Trinajstić information content (AvgIpc) is 2.85. The number of amides is 1. The molecule has 2 rings (SSSR count). The van der Waals surface area contributed by atoms with Crippen molar-refractivity contribution < 1.29 is 9.90 Å². The summed E-state index contributed by atoms with van der Waals surface area (Å²) in [4.78, 5) is 19.1. The molecule has 0 radical (unpaired) electrons. The topological polar surface area (TPSA) is 59.6 Å². The van der Waals surface area contributed by atoms with Crippen LogP contribution in [0.3, 0.4) is 0 Å². The first-order valence-corrected chi connectivity index (χ1v) is 7.01. The number of β-amino-alcohol motifs (C(OH)–C–C–N with tert-alkyl or cyclic N) is 1. The number of nitrogens with one attached hydrogen (secondary N) is 1. The van der Waals surface area contributed by atoms with Crippen molar-refractivity contribution in [3.05, 3.63) is 23.0 Å². The highest BCUT2D eigenvalue weighted by Gasteiger charge is 2.23. The number of H-pyrrole nitrogens is 1. The fourth-order valence-electron chi connectivity index (χ4n) is 2.22. The zero-order chi connectivity index (χ0) is 13.8. The van der Waals surface area contributed by atoms with E-state index in [4.69, 9.17) is 11.6 Å². The predicted molar refractivity (Wildman–Crippen MR) is 74.4 cm³/mol. The van der Waals surface area contributed by atoms with E-state index in [-0.39, 0.29) is 12.0 Å². The summed E-state index contributed by atoms with van der Waals surface area (Å²) in [5.41, 5.74) is 0.534. The van der Waals surface area contributed by atoms with E-state index in [1.54, 1.807) is 12.3 Å². The number of piperazine rings is 1. The Morgan fingerprint density at radius 2 is 2.16 bits per heavy atom. The highest BCUT2D eigenvalue weighted by atomic mass is 35.5. The number of hydrogen-bond donors (Lipinski definition) is 2. The van der Waals surface area contributed by atoms with Gasteiger partial charge in [-0.05, 0) is 12.5 Å². The Kier molecular flexibility index (Phi) is 4.85. The SMILES string of the molecule is CCC(O)CN1CCN(C(=O)c2cc(Cl)c[nH]2)CC1. The molecule has 106 valence electrons. The summed E-state index contributed by atoms with van der Waals surface area (Å²) in [5.74, 6) is -0.0115. The van der Waals surface area contributed by atoms with Crippen LogP contribution in [0.15, 0.2) is 12.3 Å². The van der Waals surface area contributed by atoms with Gasteiger partial charge in [0, 0.05) is 38.9 Å². The number of aliphatic hydroxyl groups excluding tert-OH is 1. The van der Waals surface area contributed by atoms with Crippen LogP contribution in [0.25, 0.3) is 0 Å². The maximum absolute atomic E-state index is 12.2. The molecule has 1 aliphatic rings. The van der Waals surface area contributed by atoms with Crippen molar-refractivity contribution in [1.82, 2.24) is 14.8 Å². The van der Waals surface area contributed by atoms with Gasteiger partial charge in [0.2, 0.25) is 0 Å². The Morgan fingerprint density at radius 3 is 2.68 bits per heavy atom.